The van der Waals surface area contributed by atoms with Crippen LogP contribution in [0.1, 0.15) is 5.56 Å². The molecule has 2 N–H and O–H groups in total. The first-order valence-electron chi connectivity index (χ1n) is 3.92. The zero-order chi connectivity index (χ0) is 11.4. The standard InChI is InChI=1S/C10H6F2N2O/c11-8-2-1-3-9(12)7(8)4-6(5-13)10(14)15/h1-4H,(H2,14,15). The molecule has 5 heteroatoms. The number of halogens is 2. The lowest BCUT2D eigenvalue weighted by Gasteiger charge is -1.98. The number of carbonyl (C=O) groups excluding carboxylic acids is 1. The summed E-state index contributed by atoms with van der Waals surface area (Å²) in [6.07, 6.45) is 0.785. The molecule has 0 heterocycles. The van der Waals surface area contributed by atoms with Crippen molar-refractivity contribution in [3.05, 3.63) is 41.0 Å². The second kappa shape index (κ2) is 4.33. The monoisotopic (exact) mass is 208 g/mol. The molecule has 76 valence electrons. The first-order chi connectivity index (χ1) is 7.06. The third-order valence-corrected chi connectivity index (χ3v) is 1.67. The van der Waals surface area contributed by atoms with Crippen LogP contribution in [0.5, 0.6) is 0 Å². The van der Waals surface area contributed by atoms with Gasteiger partial charge in [-0.15, -0.1) is 0 Å². The molecule has 1 amide bonds. The predicted octanol–water partition coefficient (Wildman–Crippen LogP) is 1.36. The topological polar surface area (TPSA) is 66.9 Å². The molecule has 1 aromatic carbocycles. The number of carbonyl (C=O) groups is 1. The molecule has 0 spiro atoms. The van der Waals surface area contributed by atoms with Crippen LogP contribution in [0, 0.1) is 23.0 Å². The van der Waals surface area contributed by atoms with Crippen LogP contribution < -0.4 is 5.73 Å². The van der Waals surface area contributed by atoms with Crippen LogP contribution in [0.4, 0.5) is 8.78 Å². The van der Waals surface area contributed by atoms with Crippen LogP contribution in [0.25, 0.3) is 6.08 Å². The molecule has 0 saturated carbocycles. The Bertz CT molecular complexity index is 455. The van der Waals surface area contributed by atoms with E-state index >= 15 is 0 Å². The smallest absolute Gasteiger partial charge is 0.259 e. The maximum atomic E-state index is 13.1. The van der Waals surface area contributed by atoms with Gasteiger partial charge in [0.1, 0.15) is 23.3 Å². The van der Waals surface area contributed by atoms with E-state index in [0.717, 1.165) is 18.2 Å². The fraction of sp³-hybridized carbons (Fsp3) is 0. The molecule has 0 radical (unpaired) electrons. The van der Waals surface area contributed by atoms with Gasteiger partial charge in [-0.05, 0) is 18.2 Å². The Morgan fingerprint density at radius 2 is 1.93 bits per heavy atom. The molecule has 0 bridgehead atoms. The van der Waals surface area contributed by atoms with Crippen LogP contribution in [-0.2, 0) is 4.79 Å². The number of nitrogens with two attached hydrogens (primary N) is 1. The zero-order valence-corrected chi connectivity index (χ0v) is 7.50. The highest BCUT2D eigenvalue weighted by Crippen LogP contribution is 2.15. The zero-order valence-electron chi connectivity index (χ0n) is 7.50. The summed E-state index contributed by atoms with van der Waals surface area (Å²) in [7, 11) is 0. The van der Waals surface area contributed by atoms with Crippen LogP contribution in [0.15, 0.2) is 23.8 Å². The molecule has 15 heavy (non-hydrogen) atoms. The van der Waals surface area contributed by atoms with Crippen molar-refractivity contribution in [2.24, 2.45) is 5.73 Å². The maximum absolute atomic E-state index is 13.1. The molecule has 0 fully saturated rings. The molecule has 1 aromatic rings. The summed E-state index contributed by atoms with van der Waals surface area (Å²) >= 11 is 0. The van der Waals surface area contributed by atoms with Crippen LogP contribution in [0.3, 0.4) is 0 Å². The van der Waals surface area contributed by atoms with Crippen molar-refractivity contribution in [1.82, 2.24) is 0 Å². The first kappa shape index (κ1) is 10.9. The van der Waals surface area contributed by atoms with Crippen LogP contribution in [-0.4, -0.2) is 5.91 Å². The van der Waals surface area contributed by atoms with Gasteiger partial charge in [0.25, 0.3) is 5.91 Å². The third-order valence-electron chi connectivity index (χ3n) is 1.67. The van der Waals surface area contributed by atoms with Gasteiger partial charge in [-0.2, -0.15) is 5.26 Å². The Hall–Kier alpha value is -2.22. The third kappa shape index (κ3) is 2.38. The molecule has 0 atom stereocenters. The van der Waals surface area contributed by atoms with Gasteiger partial charge in [0.15, 0.2) is 0 Å². The number of benzene rings is 1. The summed E-state index contributed by atoms with van der Waals surface area (Å²) in [5.41, 5.74) is 3.87. The van der Waals surface area contributed by atoms with Crippen molar-refractivity contribution in [1.29, 1.82) is 5.26 Å². The minimum atomic E-state index is -1.03. The van der Waals surface area contributed by atoms with Gasteiger partial charge in [-0.3, -0.25) is 4.79 Å². The fourth-order valence-corrected chi connectivity index (χ4v) is 0.951. The van der Waals surface area contributed by atoms with E-state index in [1.165, 1.54) is 12.1 Å². The first-order valence-corrected chi connectivity index (χ1v) is 3.92. The number of rotatable bonds is 2. The summed E-state index contributed by atoms with van der Waals surface area (Å²) in [4.78, 5) is 10.6. The number of hydrogen-bond acceptors (Lipinski definition) is 2. The van der Waals surface area contributed by atoms with Gasteiger partial charge < -0.3 is 5.73 Å². The van der Waals surface area contributed by atoms with E-state index in [2.05, 4.69) is 0 Å². The highest BCUT2D eigenvalue weighted by atomic mass is 19.1. The molecule has 0 aliphatic heterocycles. The average molecular weight is 208 g/mol. The number of nitriles is 1. The van der Waals surface area contributed by atoms with E-state index in [1.807, 2.05) is 0 Å². The summed E-state index contributed by atoms with van der Waals surface area (Å²) in [5, 5.41) is 8.48. The lowest BCUT2D eigenvalue weighted by atomic mass is 10.1. The Balaban J connectivity index is 3.30. The molecule has 0 aromatic heterocycles. The summed E-state index contributed by atoms with van der Waals surface area (Å²) < 4.78 is 26.1. The molecular weight excluding hydrogens is 202 g/mol. The van der Waals surface area contributed by atoms with Gasteiger partial charge in [0, 0.05) is 5.56 Å². The van der Waals surface area contributed by atoms with Gasteiger partial charge in [0.05, 0.1) is 0 Å². The summed E-state index contributed by atoms with van der Waals surface area (Å²) in [5.74, 6) is -2.74. The Morgan fingerprint density at radius 1 is 1.40 bits per heavy atom. The van der Waals surface area contributed by atoms with Gasteiger partial charge in [-0.25, -0.2) is 8.78 Å². The van der Waals surface area contributed by atoms with Gasteiger partial charge in [-0.1, -0.05) is 6.07 Å². The molecule has 0 saturated heterocycles. The minimum absolute atomic E-state index is 0.451. The van der Waals surface area contributed by atoms with Crippen molar-refractivity contribution in [3.8, 4) is 6.07 Å². The lowest BCUT2D eigenvalue weighted by molar-refractivity contribution is -0.114. The number of hydrogen-bond donors (Lipinski definition) is 1. The minimum Gasteiger partial charge on any atom is -0.365 e. The van der Waals surface area contributed by atoms with E-state index in [0.29, 0.717) is 0 Å². The molecular formula is C10H6F2N2O. The highest BCUT2D eigenvalue weighted by Gasteiger charge is 2.09. The second-order valence-electron chi connectivity index (χ2n) is 2.67. The quantitative estimate of drug-likeness (QED) is 0.589. The van der Waals surface area contributed by atoms with Gasteiger partial charge in [0.2, 0.25) is 0 Å². The number of nitrogens with zero attached hydrogens (tertiary/aromatic N) is 1. The van der Waals surface area contributed by atoms with Gasteiger partial charge >= 0.3 is 0 Å². The normalized spacial score (nSPS) is 10.9. The van der Waals surface area contributed by atoms with Crippen molar-refractivity contribution in [3.63, 3.8) is 0 Å². The van der Waals surface area contributed by atoms with Crippen molar-refractivity contribution in [2.45, 2.75) is 0 Å². The fourth-order valence-electron chi connectivity index (χ4n) is 0.951. The molecule has 0 aliphatic carbocycles. The van der Waals surface area contributed by atoms with Crippen molar-refractivity contribution < 1.29 is 13.6 Å². The lowest BCUT2D eigenvalue weighted by Crippen LogP contribution is -2.12. The van der Waals surface area contributed by atoms with Crippen LogP contribution in [0.2, 0.25) is 0 Å². The molecule has 1 rings (SSSR count). The van der Waals surface area contributed by atoms with E-state index in [4.69, 9.17) is 11.0 Å². The average Bonchev–Trinajstić information content (AvgIpc) is 2.17. The Morgan fingerprint density at radius 3 is 2.33 bits per heavy atom. The highest BCUT2D eigenvalue weighted by molar-refractivity contribution is 6.00. The van der Waals surface area contributed by atoms with E-state index < -0.39 is 28.7 Å². The summed E-state index contributed by atoms with van der Waals surface area (Å²) in [6.45, 7) is 0. The Kier molecular flexibility index (Phi) is 3.13. The molecule has 3 nitrogen and oxygen atoms in total. The van der Waals surface area contributed by atoms with Crippen molar-refractivity contribution in [2.75, 3.05) is 0 Å². The largest absolute Gasteiger partial charge is 0.365 e. The molecule has 0 unspecified atom stereocenters. The van der Waals surface area contributed by atoms with E-state index in [-0.39, 0.29) is 0 Å². The maximum Gasteiger partial charge on any atom is 0.259 e. The number of primary amides is 1. The summed E-state index contributed by atoms with van der Waals surface area (Å²) in [6, 6.07) is 4.67. The van der Waals surface area contributed by atoms with E-state index in [9.17, 15) is 13.6 Å². The second-order valence-corrected chi connectivity index (χ2v) is 2.67. The predicted molar refractivity (Wildman–Crippen MR) is 49.1 cm³/mol. The molecule has 0 aliphatic rings. The number of amides is 1. The van der Waals surface area contributed by atoms with Crippen LogP contribution >= 0.6 is 0 Å². The Labute approximate surface area is 84.4 Å². The van der Waals surface area contributed by atoms with E-state index in [1.54, 1.807) is 0 Å². The SMILES string of the molecule is N#CC(=Cc1c(F)cccc1F)C(N)=O. The van der Waals surface area contributed by atoms with Crippen molar-refractivity contribution >= 4 is 12.0 Å².